The van der Waals surface area contributed by atoms with E-state index in [-0.39, 0.29) is 57.3 Å². The van der Waals surface area contributed by atoms with Gasteiger partial charge in [0.25, 0.3) is 0 Å². The molecule has 0 aromatic heterocycles. The normalized spacial score (nSPS) is 20.2. The number of hydrogen-bond donors (Lipinski definition) is 2. The molecule has 9 nitrogen and oxygen atoms in total. The van der Waals surface area contributed by atoms with Crippen LogP contribution in [0.5, 0.6) is 5.75 Å². The minimum absolute atomic E-state index is 0.0507. The number of benzene rings is 3. The average Bonchev–Trinajstić information content (AvgIpc) is 3.37. The molecule has 0 aliphatic carbocycles. The van der Waals surface area contributed by atoms with Crippen LogP contribution in [0.25, 0.3) is 0 Å². The van der Waals surface area contributed by atoms with Gasteiger partial charge in [0.05, 0.1) is 41.4 Å². The van der Waals surface area contributed by atoms with Crippen molar-refractivity contribution in [2.45, 2.75) is 64.5 Å². The summed E-state index contributed by atoms with van der Waals surface area (Å²) in [4.78, 5) is 38.6. The van der Waals surface area contributed by atoms with Crippen molar-refractivity contribution in [2.24, 2.45) is 11.3 Å². The number of nitrogens with one attached hydrogen (secondary N) is 2. The van der Waals surface area contributed by atoms with Gasteiger partial charge < -0.3 is 24.8 Å². The monoisotopic (exact) mass is 729 g/mol. The second-order valence-corrected chi connectivity index (χ2v) is 14.4. The van der Waals surface area contributed by atoms with Crippen LogP contribution in [0.1, 0.15) is 68.4 Å². The van der Waals surface area contributed by atoms with E-state index in [1.807, 2.05) is 20.8 Å². The highest BCUT2D eigenvalue weighted by atomic mass is 35.5. The molecule has 0 unspecified atom stereocenters. The highest BCUT2D eigenvalue weighted by Gasteiger charge is 2.61. The van der Waals surface area contributed by atoms with Crippen molar-refractivity contribution in [2.75, 3.05) is 25.6 Å². The molecule has 3 aromatic carbocycles. The topological polar surface area (TPSA) is 127 Å². The number of amides is 1. The zero-order valence-electron chi connectivity index (χ0n) is 28.5. The van der Waals surface area contributed by atoms with E-state index in [4.69, 9.17) is 37.4 Å². The molecule has 1 saturated heterocycles. The van der Waals surface area contributed by atoms with Crippen molar-refractivity contribution in [3.05, 3.63) is 93.0 Å². The van der Waals surface area contributed by atoms with E-state index < -0.39 is 58.3 Å². The Bertz CT molecular complexity index is 1810. The minimum atomic E-state index is -1.81. The predicted octanol–water partition coefficient (Wildman–Crippen LogP) is 7.60. The standard InChI is InChI=1S/C37H39Cl2F2N3O6/c1-20(2)34(46)49-14-15-50-35(47)21-10-13-27(28(16-21)48-6)43-33(45)32-30(23-8-7-9-25(39)31(23)41)37(19-42,29(44-32)18-36(3,4)5)24-12-11-22(38)17-26(24)40/h7-13,16-17,20,29-30,32,44H,14-15,18H2,1-6H3,(H,43,45)/t29-,30-,32+,37-/m0/s1. The summed E-state index contributed by atoms with van der Waals surface area (Å²) >= 11 is 12.3. The van der Waals surface area contributed by atoms with E-state index in [0.717, 1.165) is 6.07 Å². The number of hydrogen-bond acceptors (Lipinski definition) is 8. The highest BCUT2D eigenvalue weighted by molar-refractivity contribution is 6.31. The van der Waals surface area contributed by atoms with Gasteiger partial charge in [-0.3, -0.25) is 9.59 Å². The molecule has 266 valence electrons. The Morgan fingerprint density at radius 3 is 2.36 bits per heavy atom. The number of esters is 2. The fraction of sp³-hybridized carbons (Fsp3) is 0.405. The average molecular weight is 731 g/mol. The van der Waals surface area contributed by atoms with E-state index in [2.05, 4.69) is 16.7 Å². The summed E-state index contributed by atoms with van der Waals surface area (Å²) in [7, 11) is 1.34. The van der Waals surface area contributed by atoms with Crippen LogP contribution in [-0.4, -0.2) is 50.3 Å². The minimum Gasteiger partial charge on any atom is -0.495 e. The van der Waals surface area contributed by atoms with E-state index in [9.17, 15) is 19.6 Å². The van der Waals surface area contributed by atoms with Crippen LogP contribution in [0.4, 0.5) is 14.5 Å². The Morgan fingerprint density at radius 1 is 1.04 bits per heavy atom. The molecule has 1 aliphatic rings. The fourth-order valence-corrected chi connectivity index (χ4v) is 6.56. The summed E-state index contributed by atoms with van der Waals surface area (Å²) in [5.41, 5.74) is -2.08. The van der Waals surface area contributed by atoms with Gasteiger partial charge >= 0.3 is 11.9 Å². The van der Waals surface area contributed by atoms with Crippen molar-refractivity contribution >= 4 is 46.7 Å². The maximum Gasteiger partial charge on any atom is 0.338 e. The number of methoxy groups -OCH3 is 1. The number of halogens is 4. The molecule has 4 atom stereocenters. The van der Waals surface area contributed by atoms with Gasteiger partial charge in [-0.15, -0.1) is 0 Å². The number of rotatable bonds is 11. The maximum atomic E-state index is 16.0. The molecule has 13 heteroatoms. The molecular weight excluding hydrogens is 691 g/mol. The van der Waals surface area contributed by atoms with Gasteiger partial charge in [0.15, 0.2) is 0 Å². The van der Waals surface area contributed by atoms with Gasteiger partial charge in [-0.25, -0.2) is 13.6 Å². The summed E-state index contributed by atoms with van der Waals surface area (Å²) in [5.74, 6) is -4.95. The van der Waals surface area contributed by atoms with Crippen LogP contribution in [0.3, 0.4) is 0 Å². The van der Waals surface area contributed by atoms with Gasteiger partial charge in [0.1, 0.15) is 36.0 Å². The summed E-state index contributed by atoms with van der Waals surface area (Å²) in [6, 6.07) is 12.6. The van der Waals surface area contributed by atoms with Crippen LogP contribution in [0.2, 0.25) is 10.0 Å². The number of carbonyl (C=O) groups excluding carboxylic acids is 3. The van der Waals surface area contributed by atoms with Crippen LogP contribution in [0.15, 0.2) is 54.6 Å². The Labute approximate surface area is 300 Å². The van der Waals surface area contributed by atoms with Crippen molar-refractivity contribution in [3.8, 4) is 11.8 Å². The lowest BCUT2D eigenvalue weighted by Crippen LogP contribution is -2.45. The molecule has 0 radical (unpaired) electrons. The Kier molecular flexibility index (Phi) is 12.1. The fourth-order valence-electron chi connectivity index (χ4n) is 6.22. The lowest BCUT2D eigenvalue weighted by atomic mass is 9.62. The zero-order chi connectivity index (χ0) is 37.0. The molecule has 1 amide bonds. The van der Waals surface area contributed by atoms with Crippen molar-refractivity contribution in [1.82, 2.24) is 5.32 Å². The van der Waals surface area contributed by atoms with Crippen LogP contribution >= 0.6 is 23.2 Å². The largest absolute Gasteiger partial charge is 0.495 e. The first-order valence-electron chi connectivity index (χ1n) is 15.9. The lowest BCUT2D eigenvalue weighted by molar-refractivity contribution is -0.148. The number of nitrogens with zero attached hydrogens (tertiary/aromatic N) is 1. The van der Waals surface area contributed by atoms with Crippen molar-refractivity contribution in [3.63, 3.8) is 0 Å². The van der Waals surface area contributed by atoms with E-state index >= 15 is 8.78 Å². The summed E-state index contributed by atoms with van der Waals surface area (Å²) in [6.45, 7) is 8.90. The molecule has 1 fully saturated rings. The van der Waals surface area contributed by atoms with Crippen molar-refractivity contribution < 1.29 is 37.4 Å². The molecule has 2 N–H and O–H groups in total. The third-order valence-corrected chi connectivity index (χ3v) is 8.99. The van der Waals surface area contributed by atoms with E-state index in [1.165, 1.54) is 55.6 Å². The second-order valence-electron chi connectivity index (χ2n) is 13.5. The molecule has 0 bridgehead atoms. The molecule has 1 aliphatic heterocycles. The number of carbonyl (C=O) groups is 3. The SMILES string of the molecule is COc1cc(C(=O)OCCOC(=O)C(C)C)ccc1NC(=O)[C@@H]1N[C@@H](CC(C)(C)C)[C@](C#N)(c2ccc(Cl)cc2F)[C@H]1c1cccc(Cl)c1F. The second kappa shape index (κ2) is 15.8. The van der Waals surface area contributed by atoms with Crippen LogP contribution in [0, 0.1) is 34.3 Å². The van der Waals surface area contributed by atoms with Gasteiger partial charge in [0.2, 0.25) is 5.91 Å². The number of nitriles is 1. The predicted molar refractivity (Wildman–Crippen MR) is 185 cm³/mol. The summed E-state index contributed by atoms with van der Waals surface area (Å²) in [5, 5.41) is 17.0. The van der Waals surface area contributed by atoms with Crippen LogP contribution in [-0.2, 0) is 24.5 Å². The third-order valence-electron chi connectivity index (χ3n) is 8.46. The van der Waals surface area contributed by atoms with Crippen molar-refractivity contribution in [1.29, 1.82) is 5.26 Å². The lowest BCUT2D eigenvalue weighted by Gasteiger charge is -2.37. The van der Waals surface area contributed by atoms with Gasteiger partial charge in [-0.2, -0.15) is 5.26 Å². The van der Waals surface area contributed by atoms with Gasteiger partial charge in [0, 0.05) is 22.5 Å². The van der Waals surface area contributed by atoms with Gasteiger partial charge in [-0.1, -0.05) is 76.0 Å². The molecule has 4 rings (SSSR count). The Balaban J connectivity index is 1.74. The van der Waals surface area contributed by atoms with Gasteiger partial charge in [-0.05, 0) is 53.8 Å². The first-order chi connectivity index (χ1) is 23.5. The maximum absolute atomic E-state index is 16.0. The zero-order valence-corrected chi connectivity index (χ0v) is 30.0. The molecule has 0 spiro atoms. The number of anilines is 1. The smallest absolute Gasteiger partial charge is 0.338 e. The quantitative estimate of drug-likeness (QED) is 0.153. The Morgan fingerprint density at radius 2 is 1.74 bits per heavy atom. The molecule has 50 heavy (non-hydrogen) atoms. The Hall–Kier alpha value is -4.24. The molecule has 0 saturated carbocycles. The highest BCUT2D eigenvalue weighted by Crippen LogP contribution is 2.53. The van der Waals surface area contributed by atoms with E-state index in [0.29, 0.717) is 6.42 Å². The third kappa shape index (κ3) is 8.20. The summed E-state index contributed by atoms with van der Waals surface area (Å²) < 4.78 is 47.6. The summed E-state index contributed by atoms with van der Waals surface area (Å²) in [6.07, 6.45) is 0.294. The van der Waals surface area contributed by atoms with E-state index in [1.54, 1.807) is 13.8 Å². The first-order valence-corrected chi connectivity index (χ1v) is 16.7. The molecule has 3 aromatic rings. The first kappa shape index (κ1) is 38.6. The number of ether oxygens (including phenoxy) is 3. The molecule has 1 heterocycles. The molecular formula is C37H39Cl2F2N3O6. The van der Waals surface area contributed by atoms with Crippen LogP contribution < -0.4 is 15.4 Å².